The minimum Gasteiger partial charge on any atom is -0.393 e. The number of aldehydes is 1. The summed E-state index contributed by atoms with van der Waals surface area (Å²) in [5, 5.41) is 22.0. The number of hydrogen-bond donors (Lipinski definition) is 2. The number of rotatable bonds is 3. The summed E-state index contributed by atoms with van der Waals surface area (Å²) in [6.45, 7) is 9.24. The summed E-state index contributed by atoms with van der Waals surface area (Å²) in [6, 6.07) is 0. The molecule has 0 radical (unpaired) electrons. The van der Waals surface area contributed by atoms with Crippen molar-refractivity contribution >= 4 is 6.29 Å². The van der Waals surface area contributed by atoms with Crippen molar-refractivity contribution in [3.05, 3.63) is 0 Å². The third-order valence-corrected chi connectivity index (χ3v) is 10.3. The fraction of sp³-hybridized carbons (Fsp3) is 0.958. The minimum atomic E-state index is -0.238. The number of hydrogen-bond acceptors (Lipinski definition) is 3. The molecule has 3 unspecified atom stereocenters. The molecule has 4 fully saturated rings. The fourth-order valence-electron chi connectivity index (χ4n) is 8.96. The van der Waals surface area contributed by atoms with E-state index in [2.05, 4.69) is 27.7 Å². The maximum Gasteiger partial charge on any atom is 0.123 e. The largest absolute Gasteiger partial charge is 0.393 e. The van der Waals surface area contributed by atoms with Gasteiger partial charge in [-0.3, -0.25) is 0 Å². The SMILES string of the molecule is CCC1C2CC(O)CC[C@]2(C)[C@H]2CC[C@]3(C)[C@@H]([C@H](C)C=O)CC[C@H]3[C@@H]2[C@@H]1O. The summed E-state index contributed by atoms with van der Waals surface area (Å²) >= 11 is 0. The van der Waals surface area contributed by atoms with E-state index in [-0.39, 0.29) is 29.0 Å². The first-order valence-corrected chi connectivity index (χ1v) is 11.6. The molecule has 0 aromatic rings. The molecule has 3 heteroatoms. The fourth-order valence-corrected chi connectivity index (χ4v) is 8.96. The molecule has 0 aromatic heterocycles. The van der Waals surface area contributed by atoms with Crippen LogP contribution in [0.25, 0.3) is 0 Å². The van der Waals surface area contributed by atoms with Crippen LogP contribution in [-0.2, 0) is 4.79 Å². The molecule has 0 saturated heterocycles. The van der Waals surface area contributed by atoms with E-state index in [9.17, 15) is 15.0 Å². The van der Waals surface area contributed by atoms with Crippen molar-refractivity contribution in [3.63, 3.8) is 0 Å². The molecule has 2 N–H and O–H groups in total. The average molecular weight is 377 g/mol. The Kier molecular flexibility index (Phi) is 5.03. The summed E-state index contributed by atoms with van der Waals surface area (Å²) in [5.41, 5.74) is 0.470. The molecule has 11 atom stereocenters. The zero-order chi connectivity index (χ0) is 19.6. The standard InChI is InChI=1S/C24H40O3/c1-5-16-20-12-15(26)8-10-24(20,4)19-9-11-23(3)17(14(2)13-25)6-7-18(23)21(19)22(16)27/h13-22,26-27H,5-12H2,1-4H3/t14-,15?,16?,17-,18+,19+,20?,21+,22-,23-,24-/m1/s1. The van der Waals surface area contributed by atoms with Crippen molar-refractivity contribution < 1.29 is 15.0 Å². The smallest absolute Gasteiger partial charge is 0.123 e. The Hall–Kier alpha value is -0.410. The minimum absolute atomic E-state index is 0.132. The van der Waals surface area contributed by atoms with Crippen molar-refractivity contribution in [1.82, 2.24) is 0 Å². The van der Waals surface area contributed by atoms with Gasteiger partial charge in [0.2, 0.25) is 0 Å². The Morgan fingerprint density at radius 1 is 1.00 bits per heavy atom. The van der Waals surface area contributed by atoms with E-state index in [4.69, 9.17) is 0 Å². The lowest BCUT2D eigenvalue weighted by Crippen LogP contribution is -2.62. The lowest BCUT2D eigenvalue weighted by molar-refractivity contribution is -0.203. The van der Waals surface area contributed by atoms with Crippen LogP contribution in [0.2, 0.25) is 0 Å². The lowest BCUT2D eigenvalue weighted by Gasteiger charge is -2.64. The molecule has 0 amide bonds. The van der Waals surface area contributed by atoms with Gasteiger partial charge in [0.1, 0.15) is 6.29 Å². The Balaban J connectivity index is 1.70. The molecule has 154 valence electrons. The summed E-state index contributed by atoms with van der Waals surface area (Å²) in [5.74, 6) is 2.90. The quantitative estimate of drug-likeness (QED) is 0.716. The predicted octanol–water partition coefficient (Wildman–Crippen LogP) is 4.45. The van der Waals surface area contributed by atoms with Crippen LogP contribution >= 0.6 is 0 Å². The van der Waals surface area contributed by atoms with Gasteiger partial charge >= 0.3 is 0 Å². The number of aliphatic hydroxyl groups is 2. The van der Waals surface area contributed by atoms with Crippen molar-refractivity contribution in [2.45, 2.75) is 91.3 Å². The van der Waals surface area contributed by atoms with Crippen molar-refractivity contribution in [2.75, 3.05) is 0 Å². The molecule has 0 aliphatic heterocycles. The summed E-state index contributed by atoms with van der Waals surface area (Å²) < 4.78 is 0. The predicted molar refractivity (Wildman–Crippen MR) is 107 cm³/mol. The van der Waals surface area contributed by atoms with Gasteiger partial charge in [-0.2, -0.15) is 0 Å². The van der Waals surface area contributed by atoms with Crippen molar-refractivity contribution in [2.24, 2.45) is 52.3 Å². The molecule has 4 aliphatic rings. The highest BCUT2D eigenvalue weighted by molar-refractivity contribution is 5.53. The third kappa shape index (κ3) is 2.70. The molecular weight excluding hydrogens is 336 g/mol. The maximum absolute atomic E-state index is 11.6. The van der Waals surface area contributed by atoms with Crippen molar-refractivity contribution in [3.8, 4) is 0 Å². The number of carbonyl (C=O) groups is 1. The zero-order valence-electron chi connectivity index (χ0n) is 17.7. The molecule has 4 saturated carbocycles. The van der Waals surface area contributed by atoms with Gasteiger partial charge in [-0.05, 0) is 91.3 Å². The van der Waals surface area contributed by atoms with E-state index < -0.39 is 0 Å². The normalized spacial score (nSPS) is 55.9. The Morgan fingerprint density at radius 3 is 2.33 bits per heavy atom. The van der Waals surface area contributed by atoms with E-state index >= 15 is 0 Å². The van der Waals surface area contributed by atoms with Gasteiger partial charge in [-0.1, -0.05) is 34.1 Å². The van der Waals surface area contributed by atoms with Crippen LogP contribution in [-0.4, -0.2) is 28.7 Å². The van der Waals surface area contributed by atoms with Gasteiger partial charge in [0.25, 0.3) is 0 Å². The second-order valence-electron chi connectivity index (χ2n) is 11.1. The first kappa shape index (κ1) is 19.9. The van der Waals surface area contributed by atoms with Gasteiger partial charge in [0.05, 0.1) is 12.2 Å². The number of carbonyl (C=O) groups excluding carboxylic acids is 1. The van der Waals surface area contributed by atoms with Crippen molar-refractivity contribution in [1.29, 1.82) is 0 Å². The monoisotopic (exact) mass is 376 g/mol. The Labute approximate surface area is 165 Å². The molecule has 4 aliphatic carbocycles. The number of fused-ring (bicyclic) bond motifs is 5. The lowest BCUT2D eigenvalue weighted by atomic mass is 9.41. The van der Waals surface area contributed by atoms with Gasteiger partial charge < -0.3 is 15.0 Å². The van der Waals surface area contributed by atoms with E-state index in [0.717, 1.165) is 38.4 Å². The molecule has 4 rings (SSSR count). The highest BCUT2D eigenvalue weighted by atomic mass is 16.3. The highest BCUT2D eigenvalue weighted by Gasteiger charge is 2.64. The molecule has 0 bridgehead atoms. The van der Waals surface area contributed by atoms with Crippen LogP contribution in [0, 0.1) is 52.3 Å². The molecule has 0 aromatic carbocycles. The van der Waals surface area contributed by atoms with Crippen LogP contribution in [0.3, 0.4) is 0 Å². The second-order valence-corrected chi connectivity index (χ2v) is 11.1. The van der Waals surface area contributed by atoms with Gasteiger partial charge in [-0.25, -0.2) is 0 Å². The topological polar surface area (TPSA) is 57.5 Å². The van der Waals surface area contributed by atoms with Crippen LogP contribution in [0.5, 0.6) is 0 Å². The van der Waals surface area contributed by atoms with Crippen LogP contribution in [0.4, 0.5) is 0 Å². The van der Waals surface area contributed by atoms with Gasteiger partial charge in [-0.15, -0.1) is 0 Å². The van der Waals surface area contributed by atoms with Gasteiger partial charge in [0.15, 0.2) is 0 Å². The van der Waals surface area contributed by atoms with E-state index in [1.165, 1.54) is 19.3 Å². The van der Waals surface area contributed by atoms with Crippen LogP contribution in [0.1, 0.15) is 79.1 Å². The highest BCUT2D eigenvalue weighted by Crippen LogP contribution is 2.69. The first-order valence-electron chi connectivity index (χ1n) is 11.6. The second kappa shape index (κ2) is 6.83. The van der Waals surface area contributed by atoms with Crippen LogP contribution < -0.4 is 0 Å². The Bertz CT molecular complexity index is 576. The van der Waals surface area contributed by atoms with Gasteiger partial charge in [0, 0.05) is 5.92 Å². The molecule has 0 spiro atoms. The summed E-state index contributed by atoms with van der Waals surface area (Å²) in [7, 11) is 0. The third-order valence-electron chi connectivity index (χ3n) is 10.3. The zero-order valence-corrected chi connectivity index (χ0v) is 17.7. The molecule has 0 heterocycles. The molecular formula is C24H40O3. The summed E-state index contributed by atoms with van der Waals surface area (Å²) in [4.78, 5) is 11.6. The van der Waals surface area contributed by atoms with Crippen LogP contribution in [0.15, 0.2) is 0 Å². The number of aliphatic hydroxyl groups excluding tert-OH is 2. The molecule has 27 heavy (non-hydrogen) atoms. The van der Waals surface area contributed by atoms with E-state index in [0.29, 0.717) is 35.5 Å². The Morgan fingerprint density at radius 2 is 1.67 bits per heavy atom. The van der Waals surface area contributed by atoms with E-state index in [1.54, 1.807) is 0 Å². The summed E-state index contributed by atoms with van der Waals surface area (Å²) in [6.07, 6.45) is 9.39. The first-order chi connectivity index (χ1) is 12.8. The molecule has 3 nitrogen and oxygen atoms in total. The average Bonchev–Trinajstić information content (AvgIpc) is 3.00. The van der Waals surface area contributed by atoms with E-state index in [1.807, 2.05) is 0 Å². The maximum atomic E-state index is 11.6.